The number of hydrogen-bond donors (Lipinski definition) is 4. The van der Waals surface area contributed by atoms with Crippen molar-refractivity contribution in [1.29, 1.82) is 0 Å². The number of carbonyl (C=O) groups excluding carboxylic acids is 1. The minimum Gasteiger partial charge on any atom is -0.479 e. The molecule has 2 atom stereocenters. The average molecular weight is 228 g/mol. The van der Waals surface area contributed by atoms with Gasteiger partial charge in [0.1, 0.15) is 0 Å². The minimum absolute atomic E-state index is 0.394. The molecule has 0 spiro atoms. The summed E-state index contributed by atoms with van der Waals surface area (Å²) in [6.45, 7) is 2.50. The van der Waals surface area contributed by atoms with Gasteiger partial charge in [0.25, 0.3) is 0 Å². The average Bonchev–Trinajstić information content (AvgIpc) is 2.23. The fourth-order valence-electron chi connectivity index (χ4n) is 0.799. The third-order valence-electron chi connectivity index (χ3n) is 1.97. The quantitative estimate of drug-likeness (QED) is 0.478. The first-order chi connectivity index (χ1) is 7.33. The molecule has 0 heterocycles. The lowest BCUT2D eigenvalue weighted by molar-refractivity contribution is -0.155. The number of amides is 2. The van der Waals surface area contributed by atoms with Crippen molar-refractivity contribution in [2.75, 3.05) is 6.54 Å². The van der Waals surface area contributed by atoms with Crippen LogP contribution in [0.2, 0.25) is 0 Å². The topological polar surface area (TPSA) is 98.7 Å². The Labute approximate surface area is 94.0 Å². The summed E-state index contributed by atoms with van der Waals surface area (Å²) in [5.41, 5.74) is -1.99. The number of urea groups is 1. The van der Waals surface area contributed by atoms with E-state index in [1.807, 2.05) is 0 Å². The summed E-state index contributed by atoms with van der Waals surface area (Å²) in [6, 6.07) is -1.01. The molecule has 6 nitrogen and oxygen atoms in total. The van der Waals surface area contributed by atoms with Gasteiger partial charge in [-0.05, 0) is 13.3 Å². The lowest BCUT2D eigenvalue weighted by atomic mass is 10.1. The molecule has 2 amide bonds. The summed E-state index contributed by atoms with van der Waals surface area (Å²) < 4.78 is 0. The maximum atomic E-state index is 11.2. The maximum absolute atomic E-state index is 11.2. The van der Waals surface area contributed by atoms with E-state index in [9.17, 15) is 14.7 Å². The van der Waals surface area contributed by atoms with E-state index in [1.54, 1.807) is 6.92 Å². The van der Waals surface area contributed by atoms with Gasteiger partial charge in [-0.2, -0.15) is 0 Å². The molecule has 2 unspecified atom stereocenters. The van der Waals surface area contributed by atoms with Crippen LogP contribution in [0, 0.1) is 12.3 Å². The molecule has 0 radical (unpaired) electrons. The summed E-state index contributed by atoms with van der Waals surface area (Å²) >= 11 is 0. The number of carboxylic acids is 1. The fraction of sp³-hybridized carbons (Fsp3) is 0.600. The van der Waals surface area contributed by atoms with Crippen LogP contribution in [-0.4, -0.2) is 40.4 Å². The highest BCUT2D eigenvalue weighted by Crippen LogP contribution is 2.00. The second-order valence-electron chi connectivity index (χ2n) is 3.53. The third kappa shape index (κ3) is 4.66. The molecule has 16 heavy (non-hydrogen) atoms. The zero-order valence-corrected chi connectivity index (χ0v) is 9.28. The molecular formula is C10H16N2O4. The first-order valence-corrected chi connectivity index (χ1v) is 4.79. The molecule has 0 aliphatic carbocycles. The first-order valence-electron chi connectivity index (χ1n) is 4.79. The molecule has 4 N–H and O–H groups in total. The summed E-state index contributed by atoms with van der Waals surface area (Å²) in [5, 5.41) is 22.5. The highest BCUT2D eigenvalue weighted by atomic mass is 16.4. The summed E-state index contributed by atoms with van der Waals surface area (Å²) in [5.74, 6) is 0.946. The lowest BCUT2D eigenvalue weighted by Gasteiger charge is -2.19. The number of aliphatic carboxylic acids is 1. The largest absolute Gasteiger partial charge is 0.479 e. The van der Waals surface area contributed by atoms with Crippen molar-refractivity contribution in [1.82, 2.24) is 10.6 Å². The minimum atomic E-state index is -1.99. The van der Waals surface area contributed by atoms with Crippen LogP contribution in [0.4, 0.5) is 4.79 Å². The van der Waals surface area contributed by atoms with Crippen LogP contribution in [0.3, 0.4) is 0 Å². The molecule has 6 heteroatoms. The SMILES string of the molecule is C#CC(CC)NC(=O)NCC(C)(O)C(=O)O. The second-order valence-corrected chi connectivity index (χ2v) is 3.53. The Morgan fingerprint density at radius 2 is 2.12 bits per heavy atom. The van der Waals surface area contributed by atoms with Gasteiger partial charge in [0.2, 0.25) is 0 Å². The summed E-state index contributed by atoms with van der Waals surface area (Å²) in [7, 11) is 0. The number of rotatable bonds is 5. The van der Waals surface area contributed by atoms with Crippen molar-refractivity contribution in [3.8, 4) is 12.3 Å². The number of carboxylic acid groups (broad SMARTS) is 1. The van der Waals surface area contributed by atoms with E-state index >= 15 is 0 Å². The Balaban J connectivity index is 4.09. The van der Waals surface area contributed by atoms with Crippen molar-refractivity contribution in [2.45, 2.75) is 31.9 Å². The lowest BCUT2D eigenvalue weighted by Crippen LogP contribution is -2.50. The molecule has 0 fully saturated rings. The van der Waals surface area contributed by atoms with Gasteiger partial charge in [0.05, 0.1) is 12.6 Å². The molecule has 90 valence electrons. The van der Waals surface area contributed by atoms with Crippen LogP contribution in [0.15, 0.2) is 0 Å². The molecule has 0 aromatic rings. The van der Waals surface area contributed by atoms with E-state index in [-0.39, 0.29) is 0 Å². The smallest absolute Gasteiger partial charge is 0.337 e. The molecule has 0 aliphatic rings. The van der Waals surface area contributed by atoms with E-state index in [0.717, 1.165) is 6.92 Å². The van der Waals surface area contributed by atoms with Crippen molar-refractivity contribution >= 4 is 12.0 Å². The van der Waals surface area contributed by atoms with Crippen molar-refractivity contribution < 1.29 is 19.8 Å². The number of terminal acetylenes is 1. The molecule has 0 aliphatic heterocycles. The first kappa shape index (κ1) is 14.3. The predicted octanol–water partition coefficient (Wildman–Crippen LogP) is -0.467. The second kappa shape index (κ2) is 5.98. The Hall–Kier alpha value is -1.74. The van der Waals surface area contributed by atoms with Crippen molar-refractivity contribution in [3.05, 3.63) is 0 Å². The van der Waals surface area contributed by atoms with Crippen molar-refractivity contribution in [2.24, 2.45) is 0 Å². The van der Waals surface area contributed by atoms with Gasteiger partial charge in [0, 0.05) is 0 Å². The zero-order valence-electron chi connectivity index (χ0n) is 9.28. The highest BCUT2D eigenvalue weighted by molar-refractivity contribution is 5.79. The van der Waals surface area contributed by atoms with Gasteiger partial charge >= 0.3 is 12.0 Å². The van der Waals surface area contributed by atoms with Gasteiger partial charge in [0.15, 0.2) is 5.60 Å². The van der Waals surface area contributed by atoms with Crippen molar-refractivity contribution in [3.63, 3.8) is 0 Å². The Kier molecular flexibility index (Phi) is 5.33. The number of hydrogen-bond acceptors (Lipinski definition) is 3. The van der Waals surface area contributed by atoms with Crippen LogP contribution in [0.25, 0.3) is 0 Å². The highest BCUT2D eigenvalue weighted by Gasteiger charge is 2.30. The Morgan fingerprint density at radius 3 is 2.50 bits per heavy atom. The van der Waals surface area contributed by atoms with Crippen LogP contribution in [0.5, 0.6) is 0 Å². The zero-order chi connectivity index (χ0) is 12.8. The van der Waals surface area contributed by atoms with Gasteiger partial charge < -0.3 is 20.8 Å². The molecule has 0 aromatic carbocycles. The number of aliphatic hydroxyl groups is 1. The molecule has 0 bridgehead atoms. The maximum Gasteiger partial charge on any atom is 0.337 e. The summed E-state index contributed by atoms with van der Waals surface area (Å²) in [4.78, 5) is 21.7. The monoisotopic (exact) mass is 228 g/mol. The van der Waals surface area contributed by atoms with Crippen LogP contribution >= 0.6 is 0 Å². The molecule has 0 saturated carbocycles. The van der Waals surface area contributed by atoms with Gasteiger partial charge in [-0.25, -0.2) is 9.59 Å². The molecular weight excluding hydrogens is 212 g/mol. The predicted molar refractivity (Wildman–Crippen MR) is 57.7 cm³/mol. The van der Waals surface area contributed by atoms with Crippen LogP contribution in [-0.2, 0) is 4.79 Å². The van der Waals surface area contributed by atoms with Gasteiger partial charge in [-0.1, -0.05) is 12.8 Å². The standard InChI is InChI=1S/C10H16N2O4/c1-4-7(5-2)12-9(15)11-6-10(3,16)8(13)14/h1,7,16H,5-6H2,2-3H3,(H,13,14)(H2,11,12,15). The molecule has 0 rings (SSSR count). The van der Waals surface area contributed by atoms with E-state index in [4.69, 9.17) is 11.5 Å². The molecule has 0 saturated heterocycles. The van der Waals surface area contributed by atoms with E-state index in [2.05, 4.69) is 16.6 Å². The summed E-state index contributed by atoms with van der Waals surface area (Å²) in [6.07, 6.45) is 5.69. The molecule has 0 aromatic heterocycles. The number of nitrogens with one attached hydrogen (secondary N) is 2. The Bertz CT molecular complexity index is 306. The third-order valence-corrected chi connectivity index (χ3v) is 1.97. The van der Waals surface area contributed by atoms with Gasteiger partial charge in [-0.15, -0.1) is 6.42 Å². The number of carbonyl (C=O) groups is 2. The van der Waals surface area contributed by atoms with E-state index < -0.39 is 30.2 Å². The van der Waals surface area contributed by atoms with Gasteiger partial charge in [-0.3, -0.25) is 0 Å². The van der Waals surface area contributed by atoms with Crippen LogP contribution < -0.4 is 10.6 Å². The fourth-order valence-corrected chi connectivity index (χ4v) is 0.799. The Morgan fingerprint density at radius 1 is 1.56 bits per heavy atom. The van der Waals surface area contributed by atoms with E-state index in [1.165, 1.54) is 0 Å². The normalized spacial score (nSPS) is 15.4. The van der Waals surface area contributed by atoms with Crippen LogP contribution in [0.1, 0.15) is 20.3 Å². The van der Waals surface area contributed by atoms with E-state index in [0.29, 0.717) is 6.42 Å².